The Labute approximate surface area is 158 Å². The predicted octanol–water partition coefficient (Wildman–Crippen LogP) is 2.86. The summed E-state index contributed by atoms with van der Waals surface area (Å²) >= 11 is 1.41. The van der Waals surface area contributed by atoms with Crippen LogP contribution in [0.1, 0.15) is 18.9 Å². The molecule has 0 aliphatic carbocycles. The third kappa shape index (κ3) is 4.50. The molecule has 0 aliphatic rings. The molecule has 0 fully saturated rings. The van der Waals surface area contributed by atoms with Crippen LogP contribution in [-0.2, 0) is 16.1 Å². The van der Waals surface area contributed by atoms with Gasteiger partial charge in [-0.3, -0.25) is 9.59 Å². The van der Waals surface area contributed by atoms with E-state index in [0.29, 0.717) is 11.4 Å². The van der Waals surface area contributed by atoms with Crippen LogP contribution in [-0.4, -0.2) is 21.6 Å². The minimum Gasteiger partial charge on any atom is -0.387 e. The summed E-state index contributed by atoms with van der Waals surface area (Å²) in [5, 5.41) is 11.5. The normalized spacial score (nSPS) is 10.6. The van der Waals surface area contributed by atoms with Crippen molar-refractivity contribution in [3.8, 4) is 10.8 Å². The monoisotopic (exact) mass is 386 g/mol. The first-order chi connectivity index (χ1) is 12.9. The molecule has 2 heterocycles. The average molecular weight is 386 g/mol. The Morgan fingerprint density at radius 2 is 1.93 bits per heavy atom. The van der Waals surface area contributed by atoms with E-state index in [2.05, 4.69) is 15.7 Å². The third-order valence-electron chi connectivity index (χ3n) is 3.81. The van der Waals surface area contributed by atoms with Crippen LogP contribution in [0.4, 0.5) is 11.4 Å². The van der Waals surface area contributed by atoms with Gasteiger partial charge in [0.15, 0.2) is 0 Å². The van der Waals surface area contributed by atoms with Crippen molar-refractivity contribution < 1.29 is 14.0 Å². The smallest absolute Gasteiger partial charge is 0.387 e. The number of amides is 2. The molecule has 0 spiro atoms. The Morgan fingerprint density at radius 1 is 1.19 bits per heavy atom. The van der Waals surface area contributed by atoms with Gasteiger partial charge >= 0.3 is 5.76 Å². The van der Waals surface area contributed by atoms with Gasteiger partial charge in [0.1, 0.15) is 0 Å². The number of hydrogen-bond acceptors (Lipinski definition) is 6. The Balaban J connectivity index is 1.64. The molecule has 1 aromatic carbocycles. The maximum atomic E-state index is 12.2. The van der Waals surface area contributed by atoms with Crippen molar-refractivity contribution in [2.75, 3.05) is 10.6 Å². The fourth-order valence-electron chi connectivity index (χ4n) is 2.46. The van der Waals surface area contributed by atoms with Crippen molar-refractivity contribution >= 4 is 34.5 Å². The number of benzene rings is 1. The second-order valence-corrected chi connectivity index (χ2v) is 6.78. The lowest BCUT2D eigenvalue weighted by Crippen LogP contribution is -2.21. The molecule has 3 aromatic rings. The number of nitrogens with one attached hydrogen (secondary N) is 2. The summed E-state index contributed by atoms with van der Waals surface area (Å²) in [5.41, 5.74) is 1.98. The fourth-order valence-corrected chi connectivity index (χ4v) is 3.11. The van der Waals surface area contributed by atoms with Crippen LogP contribution in [0.25, 0.3) is 10.8 Å². The highest BCUT2D eigenvalue weighted by Gasteiger charge is 2.13. The van der Waals surface area contributed by atoms with Gasteiger partial charge in [0.25, 0.3) is 5.89 Å². The fraction of sp³-hybridized carbons (Fsp3) is 0.222. The van der Waals surface area contributed by atoms with Gasteiger partial charge in [0, 0.05) is 24.7 Å². The molecule has 0 aliphatic heterocycles. The molecule has 0 atom stereocenters. The molecule has 3 rings (SSSR count). The average Bonchev–Trinajstić information content (AvgIpc) is 3.26. The Hall–Kier alpha value is -3.20. The number of aryl methyl sites for hydroxylation is 1. The Morgan fingerprint density at radius 3 is 2.59 bits per heavy atom. The maximum absolute atomic E-state index is 12.2. The number of carbonyl (C=O) groups excluding carboxylic acids is 2. The topological polar surface area (TPSA) is 106 Å². The number of carbonyl (C=O) groups is 2. The highest BCUT2D eigenvalue weighted by atomic mass is 32.1. The lowest BCUT2D eigenvalue weighted by molar-refractivity contribution is -0.116. The van der Waals surface area contributed by atoms with Gasteiger partial charge in [-0.2, -0.15) is 4.68 Å². The van der Waals surface area contributed by atoms with Crippen LogP contribution in [0, 0.1) is 6.92 Å². The van der Waals surface area contributed by atoms with Crippen LogP contribution in [0.2, 0.25) is 0 Å². The van der Waals surface area contributed by atoms with E-state index in [9.17, 15) is 14.4 Å². The van der Waals surface area contributed by atoms with Gasteiger partial charge in [-0.1, -0.05) is 12.1 Å². The van der Waals surface area contributed by atoms with Crippen LogP contribution in [0.3, 0.4) is 0 Å². The zero-order valence-corrected chi connectivity index (χ0v) is 15.6. The van der Waals surface area contributed by atoms with E-state index in [4.69, 9.17) is 4.42 Å². The minimum absolute atomic E-state index is 0.0557. The molecule has 2 N–H and O–H groups in total. The van der Waals surface area contributed by atoms with Gasteiger partial charge in [0.2, 0.25) is 11.8 Å². The molecule has 2 aromatic heterocycles. The number of thiophene rings is 1. The standard InChI is InChI=1S/C18H18N4O4S/c1-11-13(19-12(2)23)5-3-6-14(11)20-16(24)8-9-22-18(25)26-17(21-22)15-7-4-10-27-15/h3-7,10H,8-9H2,1-2H3,(H,19,23)(H,20,24). The molecule has 140 valence electrons. The zero-order chi connectivity index (χ0) is 19.4. The van der Waals surface area contributed by atoms with Crippen LogP contribution >= 0.6 is 11.3 Å². The van der Waals surface area contributed by atoms with E-state index in [1.54, 1.807) is 31.2 Å². The molecule has 2 amide bonds. The van der Waals surface area contributed by atoms with E-state index in [-0.39, 0.29) is 30.7 Å². The summed E-state index contributed by atoms with van der Waals surface area (Å²) in [6, 6.07) is 8.88. The Kier molecular flexibility index (Phi) is 5.51. The first-order valence-corrected chi connectivity index (χ1v) is 9.11. The van der Waals surface area contributed by atoms with Crippen molar-refractivity contribution in [1.29, 1.82) is 0 Å². The summed E-state index contributed by atoms with van der Waals surface area (Å²) in [6.45, 7) is 3.32. The van der Waals surface area contributed by atoms with Gasteiger partial charge in [-0.25, -0.2) is 4.79 Å². The van der Waals surface area contributed by atoms with Crippen LogP contribution in [0.5, 0.6) is 0 Å². The van der Waals surface area contributed by atoms with E-state index in [1.165, 1.54) is 18.3 Å². The maximum Gasteiger partial charge on any atom is 0.437 e. The van der Waals surface area contributed by atoms with E-state index >= 15 is 0 Å². The largest absolute Gasteiger partial charge is 0.437 e. The van der Waals surface area contributed by atoms with Crippen LogP contribution in [0.15, 0.2) is 44.9 Å². The SMILES string of the molecule is CC(=O)Nc1cccc(NC(=O)CCn2nc(-c3cccs3)oc2=O)c1C. The molecular weight excluding hydrogens is 368 g/mol. The molecule has 0 bridgehead atoms. The predicted molar refractivity (Wildman–Crippen MR) is 103 cm³/mol. The van der Waals surface area contributed by atoms with Gasteiger partial charge in [-0.05, 0) is 36.1 Å². The molecule has 27 heavy (non-hydrogen) atoms. The van der Waals surface area contributed by atoms with Crippen molar-refractivity contribution in [1.82, 2.24) is 9.78 Å². The molecule has 0 unspecified atom stereocenters. The number of hydrogen-bond donors (Lipinski definition) is 2. The van der Waals surface area contributed by atoms with Crippen molar-refractivity contribution in [2.45, 2.75) is 26.8 Å². The number of nitrogens with zero attached hydrogens (tertiary/aromatic N) is 2. The zero-order valence-electron chi connectivity index (χ0n) is 14.8. The van der Waals surface area contributed by atoms with E-state index in [0.717, 1.165) is 15.1 Å². The molecule has 9 heteroatoms. The third-order valence-corrected chi connectivity index (χ3v) is 4.67. The number of rotatable bonds is 6. The molecule has 0 radical (unpaired) electrons. The van der Waals surface area contributed by atoms with Gasteiger partial charge in [0.05, 0.1) is 11.4 Å². The van der Waals surface area contributed by atoms with Crippen molar-refractivity contribution in [3.05, 3.63) is 51.8 Å². The van der Waals surface area contributed by atoms with E-state index in [1.807, 2.05) is 11.4 Å². The highest BCUT2D eigenvalue weighted by Crippen LogP contribution is 2.24. The highest BCUT2D eigenvalue weighted by molar-refractivity contribution is 7.13. The second kappa shape index (κ2) is 8.00. The van der Waals surface area contributed by atoms with Gasteiger partial charge < -0.3 is 15.1 Å². The second-order valence-electron chi connectivity index (χ2n) is 5.83. The first-order valence-electron chi connectivity index (χ1n) is 8.23. The summed E-state index contributed by atoms with van der Waals surface area (Å²) < 4.78 is 6.25. The molecule has 0 saturated carbocycles. The number of aromatic nitrogens is 2. The van der Waals surface area contributed by atoms with Crippen molar-refractivity contribution in [3.63, 3.8) is 0 Å². The van der Waals surface area contributed by atoms with Crippen molar-refractivity contribution in [2.24, 2.45) is 0 Å². The lowest BCUT2D eigenvalue weighted by atomic mass is 10.1. The van der Waals surface area contributed by atoms with E-state index < -0.39 is 5.76 Å². The van der Waals surface area contributed by atoms with Crippen LogP contribution < -0.4 is 16.4 Å². The Bertz CT molecular complexity index is 1020. The summed E-state index contributed by atoms with van der Waals surface area (Å²) in [7, 11) is 0. The molecular formula is C18H18N4O4S. The summed E-state index contributed by atoms with van der Waals surface area (Å²) in [6.07, 6.45) is 0.0557. The number of anilines is 2. The minimum atomic E-state index is -0.602. The lowest BCUT2D eigenvalue weighted by Gasteiger charge is -2.12. The quantitative estimate of drug-likeness (QED) is 0.677. The summed E-state index contributed by atoms with van der Waals surface area (Å²) in [4.78, 5) is 36.1. The molecule has 8 nitrogen and oxygen atoms in total. The molecule has 0 saturated heterocycles. The van der Waals surface area contributed by atoms with Gasteiger partial charge in [-0.15, -0.1) is 16.4 Å². The summed E-state index contributed by atoms with van der Waals surface area (Å²) in [5.74, 6) is -0.816. The first kappa shape index (κ1) is 18.6.